The molecule has 3 atom stereocenters. The highest BCUT2D eigenvalue weighted by molar-refractivity contribution is 5.82. The van der Waals surface area contributed by atoms with Gasteiger partial charge in [0.2, 0.25) is 5.91 Å². The molecule has 86 valence electrons. The first-order valence-electron chi connectivity index (χ1n) is 5.97. The lowest BCUT2D eigenvalue weighted by atomic mass is 9.90. The minimum absolute atomic E-state index is 0.235. The molecule has 0 spiro atoms. The lowest BCUT2D eigenvalue weighted by Crippen LogP contribution is -2.50. The molecule has 1 amide bonds. The summed E-state index contributed by atoms with van der Waals surface area (Å²) in [5, 5.41) is 2.98. The van der Waals surface area contributed by atoms with Crippen LogP contribution < -0.4 is 11.1 Å². The summed E-state index contributed by atoms with van der Waals surface area (Å²) in [6.07, 6.45) is 3.23. The van der Waals surface area contributed by atoms with Crippen LogP contribution in [0.5, 0.6) is 0 Å². The maximum atomic E-state index is 11.6. The second kappa shape index (κ2) is 4.49. The topological polar surface area (TPSA) is 58.4 Å². The Balaban J connectivity index is 2.02. The van der Waals surface area contributed by atoms with Crippen LogP contribution in [0.1, 0.15) is 26.2 Å². The van der Waals surface area contributed by atoms with Crippen molar-refractivity contribution in [2.24, 2.45) is 11.7 Å². The minimum Gasteiger partial charge on any atom is -0.354 e. The van der Waals surface area contributed by atoms with E-state index in [0.29, 0.717) is 12.1 Å². The van der Waals surface area contributed by atoms with Gasteiger partial charge in [0.1, 0.15) is 0 Å². The van der Waals surface area contributed by atoms with Crippen molar-refractivity contribution < 1.29 is 4.79 Å². The molecule has 0 aromatic carbocycles. The summed E-state index contributed by atoms with van der Waals surface area (Å²) in [5.74, 6) is 0.489. The van der Waals surface area contributed by atoms with Crippen LogP contribution in [0, 0.1) is 5.92 Å². The van der Waals surface area contributed by atoms with Crippen molar-refractivity contribution in [1.82, 2.24) is 10.2 Å². The molecule has 2 aliphatic heterocycles. The maximum absolute atomic E-state index is 11.6. The molecule has 0 aromatic rings. The SMILES string of the molecule is CC(CCN)N1CCCC2C(=O)NCC21. The number of carbonyl (C=O) groups excluding carboxylic acids is 1. The van der Waals surface area contributed by atoms with E-state index in [-0.39, 0.29) is 11.8 Å². The summed E-state index contributed by atoms with van der Waals surface area (Å²) in [6.45, 7) is 4.91. The van der Waals surface area contributed by atoms with Crippen LogP contribution >= 0.6 is 0 Å². The van der Waals surface area contributed by atoms with E-state index in [1.807, 2.05) is 0 Å². The van der Waals surface area contributed by atoms with Crippen LogP contribution in [0.4, 0.5) is 0 Å². The van der Waals surface area contributed by atoms with Crippen LogP contribution in [0.2, 0.25) is 0 Å². The van der Waals surface area contributed by atoms with Gasteiger partial charge in [0.15, 0.2) is 0 Å². The summed E-state index contributed by atoms with van der Waals surface area (Å²) in [6, 6.07) is 0.934. The molecular formula is C11H21N3O. The van der Waals surface area contributed by atoms with Gasteiger partial charge in [0.05, 0.1) is 5.92 Å². The Morgan fingerprint density at radius 1 is 1.67 bits per heavy atom. The zero-order chi connectivity index (χ0) is 10.8. The van der Waals surface area contributed by atoms with Crippen LogP contribution in [0.15, 0.2) is 0 Å². The molecule has 0 aliphatic carbocycles. The summed E-state index contributed by atoms with van der Waals surface area (Å²) >= 11 is 0. The van der Waals surface area contributed by atoms with Crippen LogP contribution in [0.25, 0.3) is 0 Å². The summed E-state index contributed by atoms with van der Waals surface area (Å²) in [7, 11) is 0. The Kier molecular flexibility index (Phi) is 3.26. The highest BCUT2D eigenvalue weighted by Crippen LogP contribution is 2.29. The first-order valence-corrected chi connectivity index (χ1v) is 5.97. The first kappa shape index (κ1) is 10.9. The van der Waals surface area contributed by atoms with Gasteiger partial charge in [0, 0.05) is 18.6 Å². The average Bonchev–Trinajstić information content (AvgIpc) is 2.61. The van der Waals surface area contributed by atoms with Crippen molar-refractivity contribution in [2.45, 2.75) is 38.3 Å². The lowest BCUT2D eigenvalue weighted by molar-refractivity contribution is -0.124. The highest BCUT2D eigenvalue weighted by atomic mass is 16.2. The summed E-state index contributed by atoms with van der Waals surface area (Å²) in [4.78, 5) is 14.0. The van der Waals surface area contributed by atoms with Crippen molar-refractivity contribution in [2.75, 3.05) is 19.6 Å². The molecule has 2 heterocycles. The third-order valence-electron chi connectivity index (χ3n) is 3.79. The number of likely N-dealkylation sites (tertiary alicyclic amines) is 1. The molecule has 0 aromatic heterocycles. The number of hydrogen-bond acceptors (Lipinski definition) is 3. The molecule has 2 fully saturated rings. The zero-order valence-corrected chi connectivity index (χ0v) is 9.41. The van der Waals surface area contributed by atoms with Crippen LogP contribution in [-0.4, -0.2) is 42.5 Å². The highest BCUT2D eigenvalue weighted by Gasteiger charge is 2.41. The lowest BCUT2D eigenvalue weighted by Gasteiger charge is -2.40. The van der Waals surface area contributed by atoms with Gasteiger partial charge in [0.25, 0.3) is 0 Å². The van der Waals surface area contributed by atoms with E-state index in [2.05, 4.69) is 17.1 Å². The number of carbonyl (C=O) groups is 1. The standard InChI is InChI=1S/C11H21N3O/c1-8(4-5-12)14-6-2-3-9-10(14)7-13-11(9)15/h8-10H,2-7,12H2,1H3,(H,13,15). The van der Waals surface area contributed by atoms with E-state index in [0.717, 1.165) is 38.9 Å². The number of nitrogens with two attached hydrogens (primary N) is 1. The molecule has 0 saturated carbocycles. The summed E-state index contributed by atoms with van der Waals surface area (Å²) in [5.41, 5.74) is 5.59. The van der Waals surface area contributed by atoms with E-state index in [1.54, 1.807) is 0 Å². The average molecular weight is 211 g/mol. The van der Waals surface area contributed by atoms with E-state index >= 15 is 0 Å². The third kappa shape index (κ3) is 2.01. The van der Waals surface area contributed by atoms with E-state index in [4.69, 9.17) is 5.73 Å². The van der Waals surface area contributed by atoms with Gasteiger partial charge in [-0.2, -0.15) is 0 Å². The van der Waals surface area contributed by atoms with E-state index in [9.17, 15) is 4.79 Å². The largest absolute Gasteiger partial charge is 0.354 e. The molecule has 3 unspecified atom stereocenters. The van der Waals surface area contributed by atoms with Crippen molar-refractivity contribution >= 4 is 5.91 Å². The number of rotatable bonds is 3. The Hall–Kier alpha value is -0.610. The van der Waals surface area contributed by atoms with Crippen LogP contribution in [0.3, 0.4) is 0 Å². The number of hydrogen-bond donors (Lipinski definition) is 2. The van der Waals surface area contributed by atoms with Crippen molar-refractivity contribution in [3.05, 3.63) is 0 Å². The van der Waals surface area contributed by atoms with Crippen molar-refractivity contribution in [3.63, 3.8) is 0 Å². The number of nitrogens with zero attached hydrogens (tertiary/aromatic N) is 1. The van der Waals surface area contributed by atoms with Crippen molar-refractivity contribution in [3.8, 4) is 0 Å². The van der Waals surface area contributed by atoms with Crippen molar-refractivity contribution in [1.29, 1.82) is 0 Å². The number of nitrogens with one attached hydrogen (secondary N) is 1. The molecule has 4 nitrogen and oxygen atoms in total. The minimum atomic E-state index is 0.235. The molecule has 0 radical (unpaired) electrons. The van der Waals surface area contributed by atoms with Gasteiger partial charge in [-0.3, -0.25) is 9.69 Å². The van der Waals surface area contributed by atoms with Gasteiger partial charge < -0.3 is 11.1 Å². The first-order chi connectivity index (χ1) is 7.24. The smallest absolute Gasteiger partial charge is 0.224 e. The van der Waals surface area contributed by atoms with E-state index in [1.165, 1.54) is 0 Å². The fraction of sp³-hybridized carbons (Fsp3) is 0.909. The Labute approximate surface area is 91.2 Å². The number of piperidine rings is 1. The van der Waals surface area contributed by atoms with Gasteiger partial charge in [-0.1, -0.05) is 0 Å². The monoisotopic (exact) mass is 211 g/mol. The molecule has 2 saturated heterocycles. The number of amides is 1. The zero-order valence-electron chi connectivity index (χ0n) is 9.41. The Bertz CT molecular complexity index is 244. The molecular weight excluding hydrogens is 190 g/mol. The summed E-state index contributed by atoms with van der Waals surface area (Å²) < 4.78 is 0. The quantitative estimate of drug-likeness (QED) is 0.687. The number of fused-ring (bicyclic) bond motifs is 1. The molecule has 4 heteroatoms. The maximum Gasteiger partial charge on any atom is 0.224 e. The fourth-order valence-electron chi connectivity index (χ4n) is 2.94. The third-order valence-corrected chi connectivity index (χ3v) is 3.79. The van der Waals surface area contributed by atoms with Gasteiger partial charge in [-0.25, -0.2) is 0 Å². The normalized spacial score (nSPS) is 33.6. The molecule has 2 rings (SSSR count). The Morgan fingerprint density at radius 3 is 3.20 bits per heavy atom. The van der Waals surface area contributed by atoms with Gasteiger partial charge >= 0.3 is 0 Å². The molecule has 15 heavy (non-hydrogen) atoms. The molecule has 2 aliphatic rings. The van der Waals surface area contributed by atoms with Crippen LogP contribution in [-0.2, 0) is 4.79 Å². The van der Waals surface area contributed by atoms with Gasteiger partial charge in [-0.15, -0.1) is 0 Å². The second-order valence-electron chi connectivity index (χ2n) is 4.73. The predicted octanol–water partition coefficient (Wildman–Crippen LogP) is -0.0659. The molecule has 0 bridgehead atoms. The fourth-order valence-corrected chi connectivity index (χ4v) is 2.94. The van der Waals surface area contributed by atoms with E-state index < -0.39 is 0 Å². The predicted molar refractivity (Wildman–Crippen MR) is 59.4 cm³/mol. The van der Waals surface area contributed by atoms with Gasteiger partial charge in [-0.05, 0) is 39.3 Å². The Morgan fingerprint density at radius 2 is 2.47 bits per heavy atom. The second-order valence-corrected chi connectivity index (χ2v) is 4.73. The molecule has 3 N–H and O–H groups in total.